The van der Waals surface area contributed by atoms with Crippen molar-refractivity contribution in [2.24, 2.45) is 11.8 Å². The second-order valence-corrected chi connectivity index (χ2v) is 14.8. The van der Waals surface area contributed by atoms with Crippen LogP contribution in [0.1, 0.15) is 81.9 Å². The Balaban J connectivity index is 1.23. The summed E-state index contributed by atoms with van der Waals surface area (Å²) >= 11 is 0. The number of hydrogen-bond acceptors (Lipinski definition) is 5. The lowest BCUT2D eigenvalue weighted by molar-refractivity contribution is -0.132. The molecule has 0 spiro atoms. The quantitative estimate of drug-likeness (QED) is 0.172. The van der Waals surface area contributed by atoms with Crippen molar-refractivity contribution >= 4 is 11.8 Å². The van der Waals surface area contributed by atoms with E-state index in [1.165, 1.54) is 37.7 Å². The smallest absolute Gasteiger partial charge is 0.243 e. The van der Waals surface area contributed by atoms with Crippen LogP contribution in [0.2, 0.25) is 0 Å². The number of benzene rings is 3. The molecule has 0 radical (unpaired) electrons. The van der Waals surface area contributed by atoms with Crippen molar-refractivity contribution in [3.05, 3.63) is 102 Å². The number of nitrogens with one attached hydrogen (secondary N) is 2. The van der Waals surface area contributed by atoms with Crippen molar-refractivity contribution in [1.29, 1.82) is 0 Å². The molecule has 2 atom stereocenters. The van der Waals surface area contributed by atoms with Gasteiger partial charge >= 0.3 is 0 Å². The maximum absolute atomic E-state index is 14.1. The number of carbonyl (C=O) groups is 2. The Morgan fingerprint density at radius 2 is 1.43 bits per heavy atom. The number of piperidine rings is 1. The van der Waals surface area contributed by atoms with Crippen molar-refractivity contribution in [3.63, 3.8) is 0 Å². The first kappa shape index (κ1) is 36.6. The van der Waals surface area contributed by atoms with Gasteiger partial charge in [-0.1, -0.05) is 106 Å². The molecule has 2 amide bonds. The maximum Gasteiger partial charge on any atom is 0.243 e. The summed E-state index contributed by atoms with van der Waals surface area (Å²) in [5.41, 5.74) is 3.41. The zero-order chi connectivity index (χ0) is 34.4. The summed E-state index contributed by atoms with van der Waals surface area (Å²) < 4.78 is 6.01. The van der Waals surface area contributed by atoms with Crippen molar-refractivity contribution in [1.82, 2.24) is 20.4 Å². The molecule has 3 aromatic rings. The minimum Gasteiger partial charge on any atom is -0.489 e. The topological polar surface area (TPSA) is 73.9 Å². The van der Waals surface area contributed by atoms with Gasteiger partial charge in [0, 0.05) is 38.6 Å². The van der Waals surface area contributed by atoms with Crippen LogP contribution in [0.15, 0.2) is 84.9 Å². The van der Waals surface area contributed by atoms with Gasteiger partial charge in [-0.25, -0.2) is 0 Å². The van der Waals surface area contributed by atoms with E-state index in [9.17, 15) is 9.59 Å². The zero-order valence-corrected chi connectivity index (χ0v) is 30.0. The molecule has 49 heavy (non-hydrogen) atoms. The lowest BCUT2D eigenvalue weighted by atomic mass is 9.88. The maximum atomic E-state index is 14.1. The molecule has 1 saturated carbocycles. The fourth-order valence-corrected chi connectivity index (χ4v) is 7.39. The van der Waals surface area contributed by atoms with Crippen LogP contribution in [0.25, 0.3) is 0 Å². The van der Waals surface area contributed by atoms with Gasteiger partial charge in [0.05, 0.1) is 6.04 Å². The molecule has 0 unspecified atom stereocenters. The highest BCUT2D eigenvalue weighted by Crippen LogP contribution is 2.26. The lowest BCUT2D eigenvalue weighted by Crippen LogP contribution is -2.56. The second kappa shape index (κ2) is 18.9. The summed E-state index contributed by atoms with van der Waals surface area (Å²) in [5.74, 6) is 1.63. The number of likely N-dealkylation sites (tertiary alicyclic amines) is 1. The summed E-state index contributed by atoms with van der Waals surface area (Å²) in [7, 11) is 2.09. The molecule has 2 aliphatic rings. The van der Waals surface area contributed by atoms with Crippen molar-refractivity contribution in [2.75, 3.05) is 26.7 Å². The fraction of sp³-hybridized carbons (Fsp3) is 0.524. The third-order valence-electron chi connectivity index (χ3n) is 10.2. The molecule has 2 N–H and O–H groups in total. The second-order valence-electron chi connectivity index (χ2n) is 14.8. The van der Waals surface area contributed by atoms with E-state index in [-0.39, 0.29) is 23.9 Å². The Morgan fingerprint density at radius 3 is 2.06 bits per heavy atom. The van der Waals surface area contributed by atoms with Crippen LogP contribution in [0.3, 0.4) is 0 Å². The minimum absolute atomic E-state index is 0.0485. The van der Waals surface area contributed by atoms with Crippen LogP contribution in [-0.4, -0.2) is 66.4 Å². The molecule has 7 nitrogen and oxygen atoms in total. The highest BCUT2D eigenvalue weighted by atomic mass is 16.5. The molecule has 264 valence electrons. The van der Waals surface area contributed by atoms with E-state index in [1.807, 2.05) is 54.6 Å². The number of nitrogens with zero attached hydrogens (tertiary/aromatic N) is 2. The summed E-state index contributed by atoms with van der Waals surface area (Å²) in [6, 6.07) is 27.8. The Hall–Kier alpha value is -3.68. The van der Waals surface area contributed by atoms with Crippen LogP contribution < -0.4 is 15.4 Å². The first-order chi connectivity index (χ1) is 23.8. The lowest BCUT2D eigenvalue weighted by Gasteiger charge is -2.35. The van der Waals surface area contributed by atoms with E-state index in [4.69, 9.17) is 4.74 Å². The Labute approximate surface area is 294 Å². The highest BCUT2D eigenvalue weighted by Gasteiger charge is 2.31. The molecule has 1 aliphatic heterocycles. The molecule has 7 heteroatoms. The SMILES string of the molecule is CC(C)C[C@@H](C(=O)N[C@@H](Cc1ccc(OCc2ccccc2)cc1)C(=O)NC1CCN(Cc2ccccc2)CC1)N(C)CC1CCCCC1. The number of rotatable bonds is 16. The van der Waals surface area contributed by atoms with E-state index < -0.39 is 6.04 Å². The van der Waals surface area contributed by atoms with E-state index in [2.05, 4.69) is 71.7 Å². The molecule has 3 aromatic carbocycles. The molecule has 0 aromatic heterocycles. The van der Waals surface area contributed by atoms with E-state index in [0.29, 0.717) is 24.9 Å². The predicted molar refractivity (Wildman–Crippen MR) is 198 cm³/mol. The normalized spacial score (nSPS) is 17.5. The average Bonchev–Trinajstić information content (AvgIpc) is 3.12. The summed E-state index contributed by atoms with van der Waals surface area (Å²) in [5, 5.41) is 6.58. The van der Waals surface area contributed by atoms with E-state index in [1.54, 1.807) is 0 Å². The summed E-state index contributed by atoms with van der Waals surface area (Å²) in [6.45, 7) is 8.56. The van der Waals surface area contributed by atoms with Crippen LogP contribution in [0.4, 0.5) is 0 Å². The number of hydrogen-bond donors (Lipinski definition) is 2. The number of ether oxygens (including phenoxy) is 1. The van der Waals surface area contributed by atoms with E-state index in [0.717, 1.165) is 62.3 Å². The number of amides is 2. The standard InChI is InChI=1S/C42H58N4O3/c1-32(2)27-40(45(3)29-34-13-7-4-8-14-34)42(48)44-39(28-33-19-21-38(22-20-33)49-31-36-17-11-6-12-18-36)41(47)43-37-23-25-46(26-24-37)30-35-15-9-5-10-16-35/h5-6,9-12,15-22,32,34,37,39-40H,4,7-8,13-14,23-31H2,1-3H3,(H,43,47)(H,44,48)/t39-,40-/m0/s1. The number of carbonyl (C=O) groups excluding carboxylic acids is 2. The van der Waals surface area contributed by atoms with Gasteiger partial charge in [-0.15, -0.1) is 0 Å². The van der Waals surface area contributed by atoms with Gasteiger partial charge in [0.1, 0.15) is 18.4 Å². The third kappa shape index (κ3) is 12.0. The van der Waals surface area contributed by atoms with Crippen molar-refractivity contribution < 1.29 is 14.3 Å². The van der Waals surface area contributed by atoms with Crippen molar-refractivity contribution in [2.45, 2.75) is 103 Å². The average molecular weight is 667 g/mol. The Bertz CT molecular complexity index is 1400. The summed E-state index contributed by atoms with van der Waals surface area (Å²) in [4.78, 5) is 32.8. The minimum atomic E-state index is -0.663. The molecular weight excluding hydrogens is 608 g/mol. The first-order valence-corrected chi connectivity index (χ1v) is 18.7. The third-order valence-corrected chi connectivity index (χ3v) is 10.2. The molecule has 1 heterocycles. The molecule has 2 fully saturated rings. The van der Waals surface area contributed by atoms with Gasteiger partial charge in [-0.05, 0) is 79.8 Å². The monoisotopic (exact) mass is 666 g/mol. The Kier molecular flexibility index (Phi) is 14.1. The van der Waals surface area contributed by atoms with Gasteiger partial charge in [-0.3, -0.25) is 19.4 Å². The van der Waals surface area contributed by atoms with Gasteiger partial charge < -0.3 is 15.4 Å². The largest absolute Gasteiger partial charge is 0.489 e. The van der Waals surface area contributed by atoms with E-state index >= 15 is 0 Å². The summed E-state index contributed by atoms with van der Waals surface area (Å²) in [6.07, 6.45) is 9.33. The highest BCUT2D eigenvalue weighted by molar-refractivity contribution is 5.90. The van der Waals surface area contributed by atoms with Gasteiger partial charge in [-0.2, -0.15) is 0 Å². The Morgan fingerprint density at radius 1 is 0.796 bits per heavy atom. The molecule has 1 saturated heterocycles. The molecule has 0 bridgehead atoms. The van der Waals surface area contributed by atoms with Crippen molar-refractivity contribution in [3.8, 4) is 5.75 Å². The van der Waals surface area contributed by atoms with Crippen LogP contribution in [-0.2, 0) is 29.2 Å². The van der Waals surface area contributed by atoms with Gasteiger partial charge in [0.2, 0.25) is 11.8 Å². The fourth-order valence-electron chi connectivity index (χ4n) is 7.39. The van der Waals surface area contributed by atoms with Gasteiger partial charge in [0.15, 0.2) is 0 Å². The first-order valence-electron chi connectivity index (χ1n) is 18.7. The van der Waals surface area contributed by atoms with Crippen LogP contribution >= 0.6 is 0 Å². The molecule has 5 rings (SSSR count). The van der Waals surface area contributed by atoms with Gasteiger partial charge in [0.25, 0.3) is 0 Å². The predicted octanol–water partition coefficient (Wildman–Crippen LogP) is 7.00. The van der Waals surface area contributed by atoms with Crippen LogP contribution in [0.5, 0.6) is 5.75 Å². The number of likely N-dealkylation sites (N-methyl/N-ethyl adjacent to an activating group) is 1. The molecular formula is C42H58N4O3. The van der Waals surface area contributed by atoms with Crippen LogP contribution in [0, 0.1) is 11.8 Å². The molecule has 1 aliphatic carbocycles. The zero-order valence-electron chi connectivity index (χ0n) is 30.0.